The lowest BCUT2D eigenvalue weighted by Gasteiger charge is -2.28. The van der Waals surface area contributed by atoms with Gasteiger partial charge < -0.3 is 17.7 Å². The Morgan fingerprint density at radius 2 is 1.25 bits per heavy atom. The lowest BCUT2D eigenvalue weighted by molar-refractivity contribution is 0.0705. The average molecular weight is 427 g/mol. The molecule has 0 atom stereocenters. The van der Waals surface area contributed by atoms with Crippen LogP contribution in [0.2, 0.25) is 24.2 Å². The van der Waals surface area contributed by atoms with Gasteiger partial charge >= 0.3 is 14.8 Å². The van der Waals surface area contributed by atoms with E-state index in [1.165, 1.54) is 0 Å². The minimum absolute atomic E-state index is 0.189. The van der Waals surface area contributed by atoms with E-state index in [1.807, 2.05) is 45.0 Å². The molecule has 1 aromatic rings. The molecule has 1 rings (SSSR count). The summed E-state index contributed by atoms with van der Waals surface area (Å²) in [5, 5.41) is 0. The molecule has 5 nitrogen and oxygen atoms in total. The van der Waals surface area contributed by atoms with Crippen LogP contribution in [0.5, 0.6) is 0 Å². The molecule has 0 bridgehead atoms. The number of carbonyl (C=O) groups excluding carboxylic acids is 1. The summed E-state index contributed by atoms with van der Waals surface area (Å²) in [6.45, 7) is 14.0. The molecule has 1 aromatic carbocycles. The summed E-state index contributed by atoms with van der Waals surface area (Å²) in [5.41, 5.74) is 1.76. The van der Waals surface area contributed by atoms with Crippen molar-refractivity contribution in [3.8, 4) is 0 Å². The zero-order valence-electron chi connectivity index (χ0n) is 18.5. The Morgan fingerprint density at radius 1 is 0.786 bits per heavy atom. The van der Waals surface area contributed by atoms with Gasteiger partial charge in [-0.2, -0.15) is 0 Å². The quantitative estimate of drug-likeness (QED) is 0.371. The Labute approximate surface area is 173 Å². The molecule has 0 N–H and O–H groups in total. The van der Waals surface area contributed by atoms with Gasteiger partial charge in [-0.3, -0.25) is 0 Å². The summed E-state index contributed by atoms with van der Waals surface area (Å²) in [6.07, 6.45) is 0.791. The molecule has 0 aliphatic carbocycles. The summed E-state index contributed by atoms with van der Waals surface area (Å²) >= 11 is 0. The second kappa shape index (κ2) is 12.5. The first kappa shape index (κ1) is 25.0. The fourth-order valence-electron chi connectivity index (χ4n) is 3.33. The Hall–Kier alpha value is -0.996. The minimum Gasteiger partial charge on any atom is -0.516 e. The van der Waals surface area contributed by atoms with Crippen molar-refractivity contribution in [1.82, 2.24) is 0 Å². The standard InChI is InChI=1S/C21H38O5Si2/c1-7-23-28(24-8-2,25-9-3)18-17-19-13-15-20(16-14-19)21(22)26-27(10-4,11-5)12-6/h13-16H,7-12,17-18H2,1-6H3. The number of benzene rings is 1. The predicted molar refractivity (Wildman–Crippen MR) is 118 cm³/mol. The number of rotatable bonds is 14. The van der Waals surface area contributed by atoms with Crippen LogP contribution in [0.15, 0.2) is 24.3 Å². The first-order valence-corrected chi connectivity index (χ1v) is 15.1. The molecular formula is C21H38O5Si2. The number of carbonyl (C=O) groups is 1. The molecule has 0 radical (unpaired) electrons. The Kier molecular flexibility index (Phi) is 11.2. The van der Waals surface area contributed by atoms with Crippen LogP contribution in [0.4, 0.5) is 0 Å². The molecule has 0 aliphatic heterocycles. The van der Waals surface area contributed by atoms with Crippen molar-refractivity contribution in [1.29, 1.82) is 0 Å². The van der Waals surface area contributed by atoms with Gasteiger partial charge in [0.15, 0.2) is 0 Å². The molecule has 160 valence electrons. The van der Waals surface area contributed by atoms with Crippen molar-refractivity contribution in [3.05, 3.63) is 35.4 Å². The summed E-state index contributed by atoms with van der Waals surface area (Å²) in [5.74, 6) is -0.189. The second-order valence-electron chi connectivity index (χ2n) is 6.81. The van der Waals surface area contributed by atoms with Gasteiger partial charge in [0, 0.05) is 25.9 Å². The number of hydrogen-bond donors (Lipinski definition) is 0. The van der Waals surface area contributed by atoms with Gasteiger partial charge in [-0.05, 0) is 63.0 Å². The normalized spacial score (nSPS) is 12.2. The molecular weight excluding hydrogens is 388 g/mol. The van der Waals surface area contributed by atoms with Gasteiger partial charge in [0.2, 0.25) is 0 Å². The third-order valence-electron chi connectivity index (χ3n) is 5.24. The molecule has 0 unspecified atom stereocenters. The molecule has 7 heteroatoms. The largest absolute Gasteiger partial charge is 0.516 e. The van der Waals surface area contributed by atoms with Gasteiger partial charge in [0.1, 0.15) is 0 Å². The van der Waals surface area contributed by atoms with Crippen LogP contribution in [0.1, 0.15) is 57.5 Å². The van der Waals surface area contributed by atoms with E-state index in [1.54, 1.807) is 0 Å². The monoisotopic (exact) mass is 426 g/mol. The molecule has 0 spiro atoms. The minimum atomic E-state index is -2.65. The van der Waals surface area contributed by atoms with Crippen molar-refractivity contribution >= 4 is 23.1 Å². The van der Waals surface area contributed by atoms with Crippen molar-refractivity contribution in [2.45, 2.75) is 72.1 Å². The summed E-state index contributed by atoms with van der Waals surface area (Å²) in [7, 11) is -4.58. The predicted octanol–water partition coefficient (Wildman–Crippen LogP) is 5.44. The van der Waals surface area contributed by atoms with Gasteiger partial charge in [-0.1, -0.05) is 32.9 Å². The molecule has 0 aliphatic rings. The van der Waals surface area contributed by atoms with E-state index in [9.17, 15) is 4.79 Å². The maximum absolute atomic E-state index is 12.6. The molecule has 0 amide bonds. The van der Waals surface area contributed by atoms with Crippen molar-refractivity contribution in [2.24, 2.45) is 0 Å². The molecule has 0 saturated heterocycles. The highest BCUT2D eigenvalue weighted by Gasteiger charge is 2.39. The van der Waals surface area contributed by atoms with E-state index in [-0.39, 0.29) is 5.97 Å². The first-order valence-electron chi connectivity index (χ1n) is 10.7. The van der Waals surface area contributed by atoms with Crippen LogP contribution in [0.3, 0.4) is 0 Å². The van der Waals surface area contributed by atoms with Gasteiger partial charge in [-0.25, -0.2) is 4.79 Å². The van der Waals surface area contributed by atoms with Crippen LogP contribution in [-0.4, -0.2) is 42.9 Å². The van der Waals surface area contributed by atoms with Crippen LogP contribution < -0.4 is 0 Å². The smallest absolute Gasteiger partial charge is 0.501 e. The van der Waals surface area contributed by atoms with E-state index in [0.29, 0.717) is 25.4 Å². The van der Waals surface area contributed by atoms with Gasteiger partial charge in [0.05, 0.1) is 5.56 Å². The van der Waals surface area contributed by atoms with Gasteiger partial charge in [0.25, 0.3) is 8.32 Å². The van der Waals surface area contributed by atoms with Crippen molar-refractivity contribution < 1.29 is 22.5 Å². The zero-order valence-corrected chi connectivity index (χ0v) is 20.5. The lowest BCUT2D eigenvalue weighted by Crippen LogP contribution is -2.46. The lowest BCUT2D eigenvalue weighted by atomic mass is 10.1. The maximum Gasteiger partial charge on any atom is 0.501 e. The number of hydrogen-bond acceptors (Lipinski definition) is 5. The van der Waals surface area contributed by atoms with Crippen molar-refractivity contribution in [3.63, 3.8) is 0 Å². The second-order valence-corrected chi connectivity index (χ2v) is 14.2. The first-order chi connectivity index (χ1) is 13.4. The zero-order chi connectivity index (χ0) is 21.0. The highest BCUT2D eigenvalue weighted by Crippen LogP contribution is 2.24. The van der Waals surface area contributed by atoms with E-state index in [4.69, 9.17) is 17.7 Å². The number of aryl methyl sites for hydroxylation is 1. The van der Waals surface area contributed by atoms with Crippen LogP contribution in [0, 0.1) is 0 Å². The highest BCUT2D eigenvalue weighted by atomic mass is 28.4. The SMILES string of the molecule is CCO[Si](CCc1ccc(C(=O)O[Si](CC)(CC)CC)cc1)(OCC)OCC. The molecule has 28 heavy (non-hydrogen) atoms. The Bertz CT molecular complexity index is 547. The van der Waals surface area contributed by atoms with E-state index < -0.39 is 17.1 Å². The van der Waals surface area contributed by atoms with Crippen molar-refractivity contribution in [2.75, 3.05) is 19.8 Å². The molecule has 0 saturated carbocycles. The van der Waals surface area contributed by atoms with E-state index >= 15 is 0 Å². The molecule has 0 fully saturated rings. The summed E-state index contributed by atoms with van der Waals surface area (Å²) in [6, 6.07) is 11.3. The summed E-state index contributed by atoms with van der Waals surface area (Å²) < 4.78 is 23.7. The van der Waals surface area contributed by atoms with E-state index in [2.05, 4.69) is 20.8 Å². The molecule has 0 aromatic heterocycles. The Morgan fingerprint density at radius 3 is 1.64 bits per heavy atom. The van der Waals surface area contributed by atoms with Crippen LogP contribution in [0.25, 0.3) is 0 Å². The highest BCUT2D eigenvalue weighted by molar-refractivity contribution is 6.75. The fraction of sp³-hybridized carbons (Fsp3) is 0.667. The third kappa shape index (κ3) is 7.11. The maximum atomic E-state index is 12.6. The average Bonchev–Trinajstić information content (AvgIpc) is 2.71. The van der Waals surface area contributed by atoms with Crippen LogP contribution >= 0.6 is 0 Å². The van der Waals surface area contributed by atoms with Crippen LogP contribution in [-0.2, 0) is 24.1 Å². The Balaban J connectivity index is 2.79. The van der Waals surface area contributed by atoms with E-state index in [0.717, 1.165) is 36.2 Å². The third-order valence-corrected chi connectivity index (χ3v) is 12.8. The molecule has 0 heterocycles. The topological polar surface area (TPSA) is 54.0 Å². The fourth-order valence-corrected chi connectivity index (χ4v) is 8.37. The summed E-state index contributed by atoms with van der Waals surface area (Å²) in [4.78, 5) is 12.6. The van der Waals surface area contributed by atoms with Gasteiger partial charge in [-0.15, -0.1) is 0 Å².